The third kappa shape index (κ3) is 3.30. The summed E-state index contributed by atoms with van der Waals surface area (Å²) < 4.78 is 25.7. The molecule has 0 saturated heterocycles. The molecule has 1 aromatic rings. The Balaban J connectivity index is 2.94. The van der Waals surface area contributed by atoms with Gasteiger partial charge in [0.15, 0.2) is 0 Å². The summed E-state index contributed by atoms with van der Waals surface area (Å²) in [5.74, 6) is -0.846. The summed E-state index contributed by atoms with van der Waals surface area (Å²) in [6.45, 7) is 4.40. The van der Waals surface area contributed by atoms with Gasteiger partial charge in [-0.25, -0.2) is 13.2 Å². The van der Waals surface area contributed by atoms with Crippen LogP contribution in [-0.2, 0) is 10.0 Å². The van der Waals surface area contributed by atoms with E-state index in [9.17, 15) is 13.2 Å². The summed E-state index contributed by atoms with van der Waals surface area (Å²) in [7, 11) is -2.05. The van der Waals surface area contributed by atoms with Crippen LogP contribution in [0.4, 0.5) is 0 Å². The van der Waals surface area contributed by atoms with Crippen molar-refractivity contribution < 1.29 is 18.3 Å². The standard InChI is InChI=1S/C11H17NO4S2/c1-4-8(2)6-12(3)18(15,16)10-5-9(7-17-10)11(13)14/h5,7-8H,4,6H2,1-3H3,(H,13,14). The first kappa shape index (κ1) is 15.1. The van der Waals surface area contributed by atoms with Crippen molar-refractivity contribution in [2.45, 2.75) is 24.5 Å². The molecule has 1 rings (SSSR count). The first-order valence-corrected chi connectivity index (χ1v) is 7.89. The van der Waals surface area contributed by atoms with Gasteiger partial charge in [0.05, 0.1) is 5.56 Å². The maximum absolute atomic E-state index is 12.2. The number of carboxylic acids is 1. The maximum atomic E-state index is 12.2. The average molecular weight is 291 g/mol. The van der Waals surface area contributed by atoms with Crippen LogP contribution in [0.1, 0.15) is 30.6 Å². The number of hydrogen-bond acceptors (Lipinski definition) is 4. The number of carboxylic acid groups (broad SMARTS) is 1. The van der Waals surface area contributed by atoms with Crippen LogP contribution in [0.5, 0.6) is 0 Å². The Morgan fingerprint density at radius 2 is 2.17 bits per heavy atom. The van der Waals surface area contributed by atoms with Gasteiger partial charge in [0.25, 0.3) is 10.0 Å². The summed E-state index contributed by atoms with van der Waals surface area (Å²) in [5, 5.41) is 10.1. The molecule has 102 valence electrons. The zero-order valence-electron chi connectivity index (χ0n) is 10.6. The van der Waals surface area contributed by atoms with Gasteiger partial charge in [0.1, 0.15) is 4.21 Å². The van der Waals surface area contributed by atoms with Crippen LogP contribution < -0.4 is 0 Å². The van der Waals surface area contributed by atoms with Gasteiger partial charge in [-0.1, -0.05) is 20.3 Å². The predicted octanol–water partition coefficient (Wildman–Crippen LogP) is 2.11. The predicted molar refractivity (Wildman–Crippen MR) is 70.5 cm³/mol. The lowest BCUT2D eigenvalue weighted by atomic mass is 10.1. The highest BCUT2D eigenvalue weighted by atomic mass is 32.2. The van der Waals surface area contributed by atoms with Gasteiger partial charge in [0, 0.05) is 19.0 Å². The van der Waals surface area contributed by atoms with E-state index in [0.717, 1.165) is 17.8 Å². The van der Waals surface area contributed by atoms with Crippen LogP contribution in [0.15, 0.2) is 15.7 Å². The minimum atomic E-state index is -3.57. The number of hydrogen-bond donors (Lipinski definition) is 1. The normalized spacial score (nSPS) is 13.8. The molecule has 5 nitrogen and oxygen atoms in total. The van der Waals surface area contributed by atoms with E-state index < -0.39 is 16.0 Å². The molecule has 1 N–H and O–H groups in total. The fourth-order valence-corrected chi connectivity index (χ4v) is 4.04. The van der Waals surface area contributed by atoms with Gasteiger partial charge in [-0.2, -0.15) is 4.31 Å². The van der Waals surface area contributed by atoms with Crippen molar-refractivity contribution in [3.8, 4) is 0 Å². The largest absolute Gasteiger partial charge is 0.478 e. The summed E-state index contributed by atoms with van der Waals surface area (Å²) in [6, 6.07) is 1.20. The van der Waals surface area contributed by atoms with E-state index in [1.54, 1.807) is 0 Å². The Bertz CT molecular complexity index is 521. The molecule has 1 unspecified atom stereocenters. The molecule has 0 aliphatic carbocycles. The molecule has 0 radical (unpaired) electrons. The highest BCUT2D eigenvalue weighted by Crippen LogP contribution is 2.24. The highest BCUT2D eigenvalue weighted by molar-refractivity contribution is 7.91. The molecule has 0 spiro atoms. The van der Waals surface area contributed by atoms with Crippen LogP contribution in [0.25, 0.3) is 0 Å². The average Bonchev–Trinajstić information content (AvgIpc) is 2.78. The van der Waals surface area contributed by atoms with Crippen LogP contribution in [0, 0.1) is 5.92 Å². The number of carbonyl (C=O) groups is 1. The molecule has 0 aliphatic heterocycles. The van der Waals surface area contributed by atoms with Gasteiger partial charge in [-0.3, -0.25) is 0 Å². The highest BCUT2D eigenvalue weighted by Gasteiger charge is 2.24. The fourth-order valence-electron chi connectivity index (χ4n) is 1.38. The molecular weight excluding hydrogens is 274 g/mol. The monoisotopic (exact) mass is 291 g/mol. The summed E-state index contributed by atoms with van der Waals surface area (Å²) in [4.78, 5) is 10.7. The van der Waals surface area contributed by atoms with Crippen molar-refractivity contribution in [2.75, 3.05) is 13.6 Å². The Morgan fingerprint density at radius 1 is 1.56 bits per heavy atom. The molecule has 7 heteroatoms. The van der Waals surface area contributed by atoms with Gasteiger partial charge < -0.3 is 5.11 Å². The van der Waals surface area contributed by atoms with Gasteiger partial charge in [0.2, 0.25) is 0 Å². The molecule has 1 atom stereocenters. The third-order valence-electron chi connectivity index (χ3n) is 2.75. The Kier molecular flexibility index (Phi) is 4.89. The zero-order chi connectivity index (χ0) is 13.9. The van der Waals surface area contributed by atoms with E-state index in [-0.39, 0.29) is 15.7 Å². The van der Waals surface area contributed by atoms with Crippen LogP contribution >= 0.6 is 11.3 Å². The number of rotatable bonds is 6. The molecule has 0 aliphatic rings. The summed E-state index contributed by atoms with van der Waals surface area (Å²) in [5.41, 5.74) is 0.00974. The van der Waals surface area contributed by atoms with E-state index in [1.165, 1.54) is 22.8 Å². The molecule has 1 aromatic heterocycles. The van der Waals surface area contributed by atoms with Crippen molar-refractivity contribution in [1.82, 2.24) is 4.31 Å². The third-order valence-corrected chi connectivity index (χ3v) is 5.99. The molecule has 18 heavy (non-hydrogen) atoms. The molecule has 0 bridgehead atoms. The van der Waals surface area contributed by atoms with Crippen LogP contribution in [-0.4, -0.2) is 37.4 Å². The molecule has 0 aromatic carbocycles. The van der Waals surface area contributed by atoms with Crippen LogP contribution in [0.2, 0.25) is 0 Å². The quantitative estimate of drug-likeness (QED) is 0.871. The second-order valence-electron chi connectivity index (χ2n) is 4.26. The SMILES string of the molecule is CCC(C)CN(C)S(=O)(=O)c1cc(C(=O)O)cs1. The lowest BCUT2D eigenvalue weighted by Crippen LogP contribution is -2.30. The lowest BCUT2D eigenvalue weighted by Gasteiger charge is -2.19. The zero-order valence-corrected chi connectivity index (χ0v) is 12.2. The Morgan fingerprint density at radius 3 is 2.61 bits per heavy atom. The Labute approximate surface area is 111 Å². The Hall–Kier alpha value is -0.920. The number of nitrogens with zero attached hydrogens (tertiary/aromatic N) is 1. The second kappa shape index (κ2) is 5.81. The van der Waals surface area contributed by atoms with Crippen LogP contribution in [0.3, 0.4) is 0 Å². The molecule has 0 saturated carbocycles. The second-order valence-corrected chi connectivity index (χ2v) is 7.44. The number of sulfonamides is 1. The lowest BCUT2D eigenvalue weighted by molar-refractivity contribution is 0.0697. The topological polar surface area (TPSA) is 74.7 Å². The minimum Gasteiger partial charge on any atom is -0.478 e. The van der Waals surface area contributed by atoms with Crippen molar-refractivity contribution >= 4 is 27.3 Å². The fraction of sp³-hybridized carbons (Fsp3) is 0.545. The maximum Gasteiger partial charge on any atom is 0.336 e. The first-order valence-electron chi connectivity index (χ1n) is 5.57. The van der Waals surface area contributed by atoms with Gasteiger partial charge in [-0.15, -0.1) is 11.3 Å². The van der Waals surface area contributed by atoms with Crippen molar-refractivity contribution in [1.29, 1.82) is 0 Å². The minimum absolute atomic E-state index is 0.00974. The van der Waals surface area contributed by atoms with Crippen molar-refractivity contribution in [2.24, 2.45) is 5.92 Å². The van der Waals surface area contributed by atoms with E-state index in [2.05, 4.69) is 0 Å². The van der Waals surface area contributed by atoms with E-state index in [1.807, 2.05) is 13.8 Å². The van der Waals surface area contributed by atoms with E-state index >= 15 is 0 Å². The van der Waals surface area contributed by atoms with E-state index in [0.29, 0.717) is 6.54 Å². The number of thiophene rings is 1. The molecule has 1 heterocycles. The van der Waals surface area contributed by atoms with Gasteiger partial charge >= 0.3 is 5.97 Å². The molecule has 0 amide bonds. The van der Waals surface area contributed by atoms with Gasteiger partial charge in [-0.05, 0) is 12.0 Å². The molecular formula is C11H17NO4S2. The summed E-state index contributed by atoms with van der Waals surface area (Å²) >= 11 is 0.937. The first-order chi connectivity index (χ1) is 8.28. The smallest absolute Gasteiger partial charge is 0.336 e. The number of aromatic carboxylic acids is 1. The van der Waals surface area contributed by atoms with Crippen molar-refractivity contribution in [3.05, 3.63) is 17.0 Å². The van der Waals surface area contributed by atoms with Crippen molar-refractivity contribution in [3.63, 3.8) is 0 Å². The molecule has 0 fully saturated rings. The van der Waals surface area contributed by atoms with E-state index in [4.69, 9.17) is 5.11 Å². The summed E-state index contributed by atoms with van der Waals surface area (Å²) in [6.07, 6.45) is 0.894.